The molecule has 0 fully saturated rings. The van der Waals surface area contributed by atoms with Crippen LogP contribution in [0.4, 0.5) is 0 Å². The van der Waals surface area contributed by atoms with E-state index in [-0.39, 0.29) is 5.78 Å². The van der Waals surface area contributed by atoms with Crippen molar-refractivity contribution in [1.82, 2.24) is 4.98 Å². The number of rotatable bonds is 2. The number of fused-ring (bicyclic) bond motifs is 1. The van der Waals surface area contributed by atoms with Crippen molar-refractivity contribution in [3.8, 4) is 0 Å². The SMILES string of the molecule is CC(=O)Cc1nc2ccccc2s1. The smallest absolute Gasteiger partial charge is 0.136 e. The van der Waals surface area contributed by atoms with Crippen LogP contribution in [0.5, 0.6) is 0 Å². The van der Waals surface area contributed by atoms with Crippen LogP contribution >= 0.6 is 11.3 Å². The maximum absolute atomic E-state index is 10.9. The molecule has 0 bridgehead atoms. The molecule has 0 N–H and O–H groups in total. The molecule has 0 saturated heterocycles. The van der Waals surface area contributed by atoms with Crippen LogP contribution in [-0.4, -0.2) is 10.8 Å². The minimum absolute atomic E-state index is 0.166. The zero-order valence-electron chi connectivity index (χ0n) is 7.28. The number of nitrogens with zero attached hydrogens (tertiary/aromatic N) is 1. The quantitative estimate of drug-likeness (QED) is 0.729. The highest BCUT2D eigenvalue weighted by atomic mass is 32.1. The van der Waals surface area contributed by atoms with Crippen molar-refractivity contribution in [2.24, 2.45) is 0 Å². The Labute approximate surface area is 80.2 Å². The monoisotopic (exact) mass is 191 g/mol. The molecular formula is C10H9NOS. The lowest BCUT2D eigenvalue weighted by molar-refractivity contribution is -0.116. The molecule has 0 saturated carbocycles. The molecule has 0 aliphatic heterocycles. The Hall–Kier alpha value is -1.22. The third-order valence-corrected chi connectivity index (χ3v) is 2.77. The van der Waals surface area contributed by atoms with Gasteiger partial charge in [-0.15, -0.1) is 11.3 Å². The molecule has 0 radical (unpaired) electrons. The van der Waals surface area contributed by atoms with Crippen molar-refractivity contribution < 1.29 is 4.79 Å². The number of hydrogen-bond acceptors (Lipinski definition) is 3. The van der Waals surface area contributed by atoms with E-state index in [1.165, 1.54) is 0 Å². The number of hydrogen-bond donors (Lipinski definition) is 0. The molecule has 1 aromatic carbocycles. The molecule has 0 aliphatic rings. The Morgan fingerprint density at radius 2 is 2.23 bits per heavy atom. The van der Waals surface area contributed by atoms with Gasteiger partial charge in [0.05, 0.1) is 16.6 Å². The van der Waals surface area contributed by atoms with Crippen LogP contribution < -0.4 is 0 Å². The second kappa shape index (κ2) is 3.26. The van der Waals surface area contributed by atoms with Gasteiger partial charge in [-0.1, -0.05) is 12.1 Å². The first-order chi connectivity index (χ1) is 6.25. The molecule has 0 unspecified atom stereocenters. The van der Waals surface area contributed by atoms with E-state index in [0.717, 1.165) is 15.2 Å². The van der Waals surface area contributed by atoms with Crippen LogP contribution in [0.2, 0.25) is 0 Å². The summed E-state index contributed by atoms with van der Waals surface area (Å²) in [5.74, 6) is 0.166. The first-order valence-electron chi connectivity index (χ1n) is 4.09. The Morgan fingerprint density at radius 1 is 1.46 bits per heavy atom. The molecule has 2 rings (SSSR count). The molecule has 2 aromatic rings. The highest BCUT2D eigenvalue weighted by Gasteiger charge is 2.04. The number of Topliss-reactive ketones (excluding diaryl/α,β-unsaturated/α-hetero) is 1. The van der Waals surface area contributed by atoms with Crippen molar-refractivity contribution in [3.63, 3.8) is 0 Å². The fourth-order valence-electron chi connectivity index (χ4n) is 1.21. The summed E-state index contributed by atoms with van der Waals surface area (Å²) in [6, 6.07) is 7.93. The molecule has 3 heteroatoms. The van der Waals surface area contributed by atoms with Gasteiger partial charge in [0.15, 0.2) is 0 Å². The van der Waals surface area contributed by atoms with Gasteiger partial charge in [-0.05, 0) is 19.1 Å². The number of para-hydroxylation sites is 1. The Bertz CT molecular complexity index is 414. The van der Waals surface area contributed by atoms with E-state index in [0.29, 0.717) is 6.42 Å². The van der Waals surface area contributed by atoms with Gasteiger partial charge in [-0.2, -0.15) is 0 Å². The summed E-state index contributed by atoms with van der Waals surface area (Å²) < 4.78 is 1.15. The van der Waals surface area contributed by atoms with Crippen molar-refractivity contribution >= 4 is 27.3 Å². The first kappa shape index (κ1) is 8.38. The first-order valence-corrected chi connectivity index (χ1v) is 4.91. The van der Waals surface area contributed by atoms with Gasteiger partial charge in [0.2, 0.25) is 0 Å². The van der Waals surface area contributed by atoms with E-state index in [9.17, 15) is 4.79 Å². The summed E-state index contributed by atoms with van der Waals surface area (Å²) in [5, 5.41) is 0.911. The van der Waals surface area contributed by atoms with E-state index in [1.807, 2.05) is 24.3 Å². The maximum Gasteiger partial charge on any atom is 0.136 e. The average Bonchev–Trinajstić information content (AvgIpc) is 2.44. The lowest BCUT2D eigenvalue weighted by atomic mass is 10.3. The number of carbonyl (C=O) groups excluding carboxylic acids is 1. The van der Waals surface area contributed by atoms with E-state index in [1.54, 1.807) is 18.3 Å². The Morgan fingerprint density at radius 3 is 2.92 bits per heavy atom. The molecule has 2 nitrogen and oxygen atoms in total. The second-order valence-electron chi connectivity index (χ2n) is 2.95. The third-order valence-electron chi connectivity index (χ3n) is 1.74. The Balaban J connectivity index is 2.44. The van der Waals surface area contributed by atoms with Crippen LogP contribution in [0.3, 0.4) is 0 Å². The summed E-state index contributed by atoms with van der Waals surface area (Å²) in [7, 11) is 0. The van der Waals surface area contributed by atoms with Crippen LogP contribution in [-0.2, 0) is 11.2 Å². The molecule has 0 atom stereocenters. The largest absolute Gasteiger partial charge is 0.300 e. The van der Waals surface area contributed by atoms with Crippen molar-refractivity contribution in [2.45, 2.75) is 13.3 Å². The molecule has 1 aromatic heterocycles. The number of thiazole rings is 1. The highest BCUT2D eigenvalue weighted by molar-refractivity contribution is 7.18. The number of carbonyl (C=O) groups is 1. The molecule has 66 valence electrons. The number of aromatic nitrogens is 1. The minimum atomic E-state index is 0.166. The topological polar surface area (TPSA) is 30.0 Å². The lowest BCUT2D eigenvalue weighted by Gasteiger charge is -1.85. The zero-order chi connectivity index (χ0) is 9.26. The standard InChI is InChI=1S/C10H9NOS/c1-7(12)6-10-11-8-4-2-3-5-9(8)13-10/h2-5H,6H2,1H3. The van der Waals surface area contributed by atoms with Crippen molar-refractivity contribution in [1.29, 1.82) is 0 Å². The average molecular weight is 191 g/mol. The summed E-state index contributed by atoms with van der Waals surface area (Å²) in [5.41, 5.74) is 0.990. The fraction of sp³-hybridized carbons (Fsp3) is 0.200. The number of ketones is 1. The third kappa shape index (κ3) is 1.75. The Kier molecular flexibility index (Phi) is 2.10. The van der Waals surface area contributed by atoms with E-state index in [2.05, 4.69) is 4.98 Å². The summed E-state index contributed by atoms with van der Waals surface area (Å²) in [6.45, 7) is 1.59. The normalized spacial score (nSPS) is 10.5. The summed E-state index contributed by atoms with van der Waals surface area (Å²) in [6.07, 6.45) is 0.458. The molecule has 0 aliphatic carbocycles. The van der Waals surface area contributed by atoms with E-state index < -0.39 is 0 Å². The highest BCUT2D eigenvalue weighted by Crippen LogP contribution is 2.21. The fourth-order valence-corrected chi connectivity index (χ4v) is 2.25. The van der Waals surface area contributed by atoms with Crippen molar-refractivity contribution in [3.05, 3.63) is 29.3 Å². The van der Waals surface area contributed by atoms with Gasteiger partial charge >= 0.3 is 0 Å². The predicted octanol–water partition coefficient (Wildman–Crippen LogP) is 2.43. The van der Waals surface area contributed by atoms with Gasteiger partial charge in [0.25, 0.3) is 0 Å². The van der Waals surface area contributed by atoms with Crippen LogP contribution in [0.1, 0.15) is 11.9 Å². The van der Waals surface area contributed by atoms with Gasteiger partial charge in [0.1, 0.15) is 10.8 Å². The molecule has 0 spiro atoms. The van der Waals surface area contributed by atoms with E-state index >= 15 is 0 Å². The minimum Gasteiger partial charge on any atom is -0.300 e. The van der Waals surface area contributed by atoms with Crippen molar-refractivity contribution in [2.75, 3.05) is 0 Å². The molecular weight excluding hydrogens is 182 g/mol. The summed E-state index contributed by atoms with van der Waals surface area (Å²) >= 11 is 1.59. The van der Waals surface area contributed by atoms with Gasteiger partial charge < -0.3 is 0 Å². The molecule has 1 heterocycles. The zero-order valence-corrected chi connectivity index (χ0v) is 8.10. The maximum atomic E-state index is 10.9. The predicted molar refractivity (Wildman–Crippen MR) is 54.0 cm³/mol. The number of benzene rings is 1. The van der Waals surface area contributed by atoms with Crippen LogP contribution in [0, 0.1) is 0 Å². The molecule has 13 heavy (non-hydrogen) atoms. The van der Waals surface area contributed by atoms with E-state index in [4.69, 9.17) is 0 Å². The van der Waals surface area contributed by atoms with Crippen LogP contribution in [0.25, 0.3) is 10.2 Å². The van der Waals surface area contributed by atoms with Gasteiger partial charge in [-0.3, -0.25) is 4.79 Å². The summed E-state index contributed by atoms with van der Waals surface area (Å²) in [4.78, 5) is 15.2. The molecule has 0 amide bonds. The van der Waals surface area contributed by atoms with Gasteiger partial charge in [0, 0.05) is 0 Å². The second-order valence-corrected chi connectivity index (χ2v) is 4.07. The lowest BCUT2D eigenvalue weighted by Crippen LogP contribution is -1.94. The van der Waals surface area contributed by atoms with Crippen LogP contribution in [0.15, 0.2) is 24.3 Å². The van der Waals surface area contributed by atoms with Gasteiger partial charge in [-0.25, -0.2) is 4.98 Å².